The second-order valence-electron chi connectivity index (χ2n) is 5.10. The van der Waals surface area contributed by atoms with E-state index in [2.05, 4.69) is 17.6 Å². The Labute approximate surface area is 133 Å². The minimum absolute atomic E-state index is 0.123. The first kappa shape index (κ1) is 18.3. The van der Waals surface area contributed by atoms with Crippen molar-refractivity contribution in [3.63, 3.8) is 0 Å². The summed E-state index contributed by atoms with van der Waals surface area (Å²) in [7, 11) is 1.65. The summed E-state index contributed by atoms with van der Waals surface area (Å²) in [6, 6.07) is 7.74. The molecule has 0 aliphatic heterocycles. The molecule has 124 valence electrons. The summed E-state index contributed by atoms with van der Waals surface area (Å²) in [4.78, 5) is 11.6. The van der Waals surface area contributed by atoms with Crippen LogP contribution in [0.25, 0.3) is 0 Å². The summed E-state index contributed by atoms with van der Waals surface area (Å²) in [5, 5.41) is 5.68. The number of urea groups is 1. The number of hydrogen-bond donors (Lipinski definition) is 2. The second-order valence-corrected chi connectivity index (χ2v) is 5.10. The van der Waals surface area contributed by atoms with Crippen LogP contribution in [0.4, 0.5) is 4.79 Å². The Morgan fingerprint density at radius 2 is 1.73 bits per heavy atom. The van der Waals surface area contributed by atoms with Gasteiger partial charge in [-0.2, -0.15) is 0 Å². The molecule has 0 heterocycles. The maximum atomic E-state index is 11.6. The average Bonchev–Trinajstić information content (AvgIpc) is 2.54. The molecule has 2 amide bonds. The zero-order chi connectivity index (χ0) is 16.0. The van der Waals surface area contributed by atoms with E-state index in [0.717, 1.165) is 38.0 Å². The molecule has 0 spiro atoms. The van der Waals surface area contributed by atoms with Gasteiger partial charge in [-0.05, 0) is 37.0 Å². The van der Waals surface area contributed by atoms with E-state index in [-0.39, 0.29) is 6.03 Å². The zero-order valence-electron chi connectivity index (χ0n) is 13.7. The Kier molecular flexibility index (Phi) is 9.87. The van der Waals surface area contributed by atoms with Gasteiger partial charge in [-0.25, -0.2) is 4.79 Å². The summed E-state index contributed by atoms with van der Waals surface area (Å²) in [6.45, 7) is 4.91. The largest absolute Gasteiger partial charge is 0.497 e. The van der Waals surface area contributed by atoms with Crippen LogP contribution in [-0.4, -0.2) is 39.4 Å². The summed E-state index contributed by atoms with van der Waals surface area (Å²) >= 11 is 0. The lowest BCUT2D eigenvalue weighted by molar-refractivity contribution is 0.129. The standard InChI is InChI=1S/C17H28N2O3/c1-3-4-13-22-14-5-11-18-17(20)19-12-10-15-6-8-16(21-2)9-7-15/h6-9H,3-5,10-14H2,1-2H3,(H2,18,19,20). The predicted octanol–water partition coefficient (Wildman–Crippen LogP) is 2.74. The number of methoxy groups -OCH3 is 1. The van der Waals surface area contributed by atoms with Crippen LogP contribution in [0.5, 0.6) is 5.75 Å². The molecule has 2 N–H and O–H groups in total. The molecule has 0 saturated heterocycles. The van der Waals surface area contributed by atoms with E-state index in [1.807, 2.05) is 24.3 Å². The third-order valence-corrected chi connectivity index (χ3v) is 3.25. The number of rotatable bonds is 11. The van der Waals surface area contributed by atoms with Crippen LogP contribution in [0.1, 0.15) is 31.7 Å². The third-order valence-electron chi connectivity index (χ3n) is 3.25. The molecule has 1 aromatic carbocycles. The molecule has 1 aromatic rings. The highest BCUT2D eigenvalue weighted by molar-refractivity contribution is 5.73. The molecule has 0 unspecified atom stereocenters. The number of benzene rings is 1. The van der Waals surface area contributed by atoms with Crippen LogP contribution in [-0.2, 0) is 11.2 Å². The molecule has 0 aliphatic carbocycles. The highest BCUT2D eigenvalue weighted by atomic mass is 16.5. The molecule has 0 aliphatic rings. The topological polar surface area (TPSA) is 59.6 Å². The van der Waals surface area contributed by atoms with Crippen LogP contribution in [0.2, 0.25) is 0 Å². The fourth-order valence-corrected chi connectivity index (χ4v) is 1.90. The van der Waals surface area contributed by atoms with E-state index >= 15 is 0 Å². The maximum absolute atomic E-state index is 11.6. The molecule has 0 aromatic heterocycles. The molecule has 22 heavy (non-hydrogen) atoms. The molecule has 0 fully saturated rings. The van der Waals surface area contributed by atoms with E-state index < -0.39 is 0 Å². The Hall–Kier alpha value is -1.75. The van der Waals surface area contributed by atoms with Crippen LogP contribution in [0, 0.1) is 0 Å². The minimum Gasteiger partial charge on any atom is -0.497 e. The average molecular weight is 308 g/mol. The van der Waals surface area contributed by atoms with Gasteiger partial charge >= 0.3 is 6.03 Å². The molecular weight excluding hydrogens is 280 g/mol. The monoisotopic (exact) mass is 308 g/mol. The number of nitrogens with one attached hydrogen (secondary N) is 2. The molecule has 0 radical (unpaired) electrons. The van der Waals surface area contributed by atoms with Gasteiger partial charge in [-0.3, -0.25) is 0 Å². The number of hydrogen-bond acceptors (Lipinski definition) is 3. The summed E-state index contributed by atoms with van der Waals surface area (Å²) in [5.74, 6) is 0.843. The van der Waals surface area contributed by atoms with Crippen LogP contribution < -0.4 is 15.4 Å². The lowest BCUT2D eigenvalue weighted by atomic mass is 10.1. The minimum atomic E-state index is -0.123. The first-order valence-corrected chi connectivity index (χ1v) is 7.98. The number of ether oxygens (including phenoxy) is 2. The number of amides is 2. The SMILES string of the molecule is CCCCOCCCNC(=O)NCCc1ccc(OC)cc1. The van der Waals surface area contributed by atoms with Gasteiger partial charge in [0.2, 0.25) is 0 Å². The molecule has 0 atom stereocenters. The van der Waals surface area contributed by atoms with Crippen LogP contribution in [0.3, 0.4) is 0 Å². The van der Waals surface area contributed by atoms with Crippen molar-refractivity contribution in [1.29, 1.82) is 0 Å². The first-order valence-electron chi connectivity index (χ1n) is 7.98. The van der Waals surface area contributed by atoms with Crippen molar-refractivity contribution in [3.8, 4) is 5.75 Å². The lowest BCUT2D eigenvalue weighted by Gasteiger charge is -2.08. The molecular formula is C17H28N2O3. The second kappa shape index (κ2) is 11.9. The van der Waals surface area contributed by atoms with E-state index in [0.29, 0.717) is 19.7 Å². The van der Waals surface area contributed by atoms with Crippen molar-refractivity contribution in [2.75, 3.05) is 33.4 Å². The highest BCUT2D eigenvalue weighted by Gasteiger charge is 2.00. The third kappa shape index (κ3) is 8.52. The van der Waals surface area contributed by atoms with Crippen molar-refractivity contribution in [3.05, 3.63) is 29.8 Å². The van der Waals surface area contributed by atoms with Gasteiger partial charge in [-0.1, -0.05) is 25.5 Å². The predicted molar refractivity (Wildman–Crippen MR) is 88.4 cm³/mol. The van der Waals surface area contributed by atoms with Crippen molar-refractivity contribution in [2.45, 2.75) is 32.6 Å². The first-order chi connectivity index (χ1) is 10.8. The smallest absolute Gasteiger partial charge is 0.314 e. The van der Waals surface area contributed by atoms with Gasteiger partial charge in [0.25, 0.3) is 0 Å². The maximum Gasteiger partial charge on any atom is 0.314 e. The quantitative estimate of drug-likeness (QED) is 0.618. The summed E-state index contributed by atoms with van der Waals surface area (Å²) < 4.78 is 10.5. The van der Waals surface area contributed by atoms with Crippen LogP contribution in [0.15, 0.2) is 24.3 Å². The van der Waals surface area contributed by atoms with Gasteiger partial charge < -0.3 is 20.1 Å². The van der Waals surface area contributed by atoms with E-state index in [1.165, 1.54) is 5.56 Å². The van der Waals surface area contributed by atoms with Gasteiger partial charge in [0.1, 0.15) is 5.75 Å². The van der Waals surface area contributed by atoms with Gasteiger partial charge in [-0.15, -0.1) is 0 Å². The molecule has 0 saturated carbocycles. The molecule has 5 nitrogen and oxygen atoms in total. The normalized spacial score (nSPS) is 10.3. The lowest BCUT2D eigenvalue weighted by Crippen LogP contribution is -2.37. The Morgan fingerprint density at radius 1 is 1.05 bits per heavy atom. The zero-order valence-corrected chi connectivity index (χ0v) is 13.7. The van der Waals surface area contributed by atoms with Crippen molar-refractivity contribution < 1.29 is 14.3 Å². The number of unbranched alkanes of at least 4 members (excludes halogenated alkanes) is 1. The molecule has 0 bridgehead atoms. The van der Waals surface area contributed by atoms with Crippen molar-refractivity contribution in [1.82, 2.24) is 10.6 Å². The number of carbonyl (C=O) groups excluding carboxylic acids is 1. The van der Waals surface area contributed by atoms with E-state index in [1.54, 1.807) is 7.11 Å². The highest BCUT2D eigenvalue weighted by Crippen LogP contribution is 2.11. The van der Waals surface area contributed by atoms with Gasteiger partial charge in [0, 0.05) is 26.3 Å². The van der Waals surface area contributed by atoms with Crippen molar-refractivity contribution in [2.24, 2.45) is 0 Å². The molecule has 1 rings (SSSR count). The van der Waals surface area contributed by atoms with E-state index in [9.17, 15) is 4.79 Å². The Bertz CT molecular complexity index is 407. The fourth-order valence-electron chi connectivity index (χ4n) is 1.90. The van der Waals surface area contributed by atoms with E-state index in [4.69, 9.17) is 9.47 Å². The Balaban J connectivity index is 2.01. The Morgan fingerprint density at radius 3 is 2.41 bits per heavy atom. The number of carbonyl (C=O) groups is 1. The summed E-state index contributed by atoms with van der Waals surface area (Å²) in [6.07, 6.45) is 3.89. The van der Waals surface area contributed by atoms with Crippen LogP contribution >= 0.6 is 0 Å². The van der Waals surface area contributed by atoms with Crippen molar-refractivity contribution >= 4 is 6.03 Å². The van der Waals surface area contributed by atoms with Gasteiger partial charge in [0.05, 0.1) is 7.11 Å². The molecule has 5 heteroatoms. The van der Waals surface area contributed by atoms with Gasteiger partial charge in [0.15, 0.2) is 0 Å². The summed E-state index contributed by atoms with van der Waals surface area (Å²) in [5.41, 5.74) is 1.17. The fraction of sp³-hybridized carbons (Fsp3) is 0.588.